The van der Waals surface area contributed by atoms with E-state index in [0.29, 0.717) is 0 Å². The van der Waals surface area contributed by atoms with Crippen LogP contribution in [-0.4, -0.2) is 104 Å². The van der Waals surface area contributed by atoms with Crippen molar-refractivity contribution in [1.29, 1.82) is 0 Å². The van der Waals surface area contributed by atoms with Crippen LogP contribution in [0.4, 0.5) is 5.69 Å². The number of amides is 1. The van der Waals surface area contributed by atoms with Crippen LogP contribution in [0.5, 0.6) is 23.0 Å². The molecule has 328 valence electrons. The summed E-state index contributed by atoms with van der Waals surface area (Å²) >= 11 is 0. The Morgan fingerprint density at radius 3 is 2.18 bits per heavy atom. The summed E-state index contributed by atoms with van der Waals surface area (Å²) in [7, 11) is 1.40. The van der Waals surface area contributed by atoms with Crippen LogP contribution in [0.2, 0.25) is 0 Å². The van der Waals surface area contributed by atoms with Crippen molar-refractivity contribution < 1.29 is 73.6 Å². The van der Waals surface area contributed by atoms with Crippen molar-refractivity contribution in [1.82, 2.24) is 0 Å². The molecular formula is C43H56N2O15. The summed E-state index contributed by atoms with van der Waals surface area (Å²) in [6.45, 7) is 15.3. The first-order chi connectivity index (χ1) is 28.0. The van der Waals surface area contributed by atoms with Gasteiger partial charge in [0, 0.05) is 67.1 Å². The van der Waals surface area contributed by atoms with Gasteiger partial charge in [0.25, 0.3) is 11.7 Å². The van der Waals surface area contributed by atoms with Crippen molar-refractivity contribution in [2.24, 2.45) is 34.7 Å². The SMILES string of the molecule is COC1/C=C/OC2(C)Oc3c(C)c(O)c4c(O)c(c(/C=N/OC(C(=O)O)C(C)C)c(O)c4c3C2=O)NC(=O)/C(C)=C/C=C/C(C)C(O)C(C)C(O)C(C)C(OC(C)=O)C1C. The molecule has 60 heavy (non-hydrogen) atoms. The Morgan fingerprint density at radius 2 is 1.60 bits per heavy atom. The van der Waals surface area contributed by atoms with E-state index in [4.69, 9.17) is 23.8 Å². The van der Waals surface area contributed by atoms with E-state index in [9.17, 15) is 49.8 Å². The molecule has 5 rings (SSSR count). The van der Waals surface area contributed by atoms with E-state index in [1.165, 1.54) is 53.0 Å². The van der Waals surface area contributed by atoms with Gasteiger partial charge in [-0.05, 0) is 19.9 Å². The average Bonchev–Trinajstić information content (AvgIpc) is 3.45. The minimum Gasteiger partial charge on any atom is -0.507 e. The number of hydrogen-bond donors (Lipinski definition) is 7. The maximum atomic E-state index is 14.4. The van der Waals surface area contributed by atoms with Gasteiger partial charge in [0.05, 0.1) is 53.0 Å². The minimum absolute atomic E-state index is 0.0301. The highest BCUT2D eigenvalue weighted by Gasteiger charge is 2.50. The molecule has 10 unspecified atom stereocenters. The predicted octanol–water partition coefficient (Wildman–Crippen LogP) is 5.21. The van der Waals surface area contributed by atoms with E-state index < -0.39 is 129 Å². The van der Waals surface area contributed by atoms with Gasteiger partial charge in [0.15, 0.2) is 5.75 Å². The number of aliphatic carboxylic acids is 1. The van der Waals surface area contributed by atoms with Crippen molar-refractivity contribution in [3.63, 3.8) is 0 Å². The van der Waals surface area contributed by atoms with Crippen molar-refractivity contribution in [2.75, 3.05) is 12.4 Å². The number of rotatable bonds is 7. The van der Waals surface area contributed by atoms with E-state index in [-0.39, 0.29) is 22.4 Å². The van der Waals surface area contributed by atoms with Gasteiger partial charge >= 0.3 is 17.7 Å². The van der Waals surface area contributed by atoms with Crippen molar-refractivity contribution in [3.8, 4) is 23.0 Å². The number of aromatic hydroxyl groups is 3. The van der Waals surface area contributed by atoms with Gasteiger partial charge < -0.3 is 59.7 Å². The predicted molar refractivity (Wildman–Crippen MR) is 219 cm³/mol. The molecule has 17 heteroatoms. The number of aliphatic hydroxyl groups excluding tert-OH is 2. The van der Waals surface area contributed by atoms with E-state index in [1.54, 1.807) is 47.6 Å². The van der Waals surface area contributed by atoms with Gasteiger partial charge in [-0.2, -0.15) is 0 Å². The Balaban J connectivity index is 1.99. The maximum absolute atomic E-state index is 14.4. The van der Waals surface area contributed by atoms with Gasteiger partial charge in [-0.15, -0.1) is 0 Å². The Kier molecular flexibility index (Phi) is 14.7. The number of carbonyl (C=O) groups is 4. The summed E-state index contributed by atoms with van der Waals surface area (Å²) in [4.78, 5) is 57.4. The number of allylic oxidation sites excluding steroid dienone is 2. The molecule has 3 aliphatic rings. The molecule has 3 heterocycles. The van der Waals surface area contributed by atoms with Gasteiger partial charge in [-0.3, -0.25) is 14.4 Å². The molecule has 17 nitrogen and oxygen atoms in total. The second-order valence-electron chi connectivity index (χ2n) is 16.0. The summed E-state index contributed by atoms with van der Waals surface area (Å²) < 4.78 is 23.4. The number of ether oxygens (including phenoxy) is 4. The van der Waals surface area contributed by atoms with Crippen LogP contribution < -0.4 is 10.1 Å². The number of aliphatic hydroxyl groups is 2. The lowest BCUT2D eigenvalue weighted by atomic mass is 9.78. The monoisotopic (exact) mass is 840 g/mol. The zero-order valence-corrected chi connectivity index (χ0v) is 35.5. The molecule has 0 aromatic heterocycles. The number of fused-ring (bicyclic) bond motifs is 14. The average molecular weight is 841 g/mol. The van der Waals surface area contributed by atoms with Gasteiger partial charge in [-0.25, -0.2) is 4.79 Å². The zero-order valence-electron chi connectivity index (χ0n) is 35.5. The highest BCUT2D eigenvalue weighted by Crippen LogP contribution is 2.55. The quantitative estimate of drug-likeness (QED) is 0.0620. The number of nitrogens with zero attached hydrogens (tertiary/aromatic N) is 1. The largest absolute Gasteiger partial charge is 0.507 e. The fourth-order valence-corrected chi connectivity index (χ4v) is 7.47. The molecule has 0 saturated carbocycles. The topological polar surface area (TPSA) is 260 Å². The number of anilines is 1. The number of phenols is 3. The number of phenolic OH excluding ortho intramolecular Hbond substituents is 3. The van der Waals surface area contributed by atoms with Crippen LogP contribution in [-0.2, 0) is 33.4 Å². The molecule has 3 aliphatic heterocycles. The van der Waals surface area contributed by atoms with E-state index in [0.717, 1.165) is 12.5 Å². The van der Waals surface area contributed by atoms with E-state index in [1.807, 2.05) is 0 Å². The number of oxime groups is 1. The molecule has 0 saturated heterocycles. The lowest BCUT2D eigenvalue weighted by molar-refractivity contribution is -0.160. The van der Waals surface area contributed by atoms with Gasteiger partial charge in [0.2, 0.25) is 6.10 Å². The van der Waals surface area contributed by atoms with Crippen molar-refractivity contribution >= 4 is 46.3 Å². The van der Waals surface area contributed by atoms with Crippen molar-refractivity contribution in [2.45, 2.75) is 106 Å². The fraction of sp³-hybridized carbons (Fsp3) is 0.512. The van der Waals surface area contributed by atoms with Crippen LogP contribution in [0.15, 0.2) is 41.3 Å². The molecule has 2 aromatic carbocycles. The summed E-state index contributed by atoms with van der Waals surface area (Å²) in [6, 6.07) is 0. The second kappa shape index (κ2) is 18.7. The Morgan fingerprint density at radius 1 is 0.950 bits per heavy atom. The lowest BCUT2D eigenvalue weighted by Gasteiger charge is -2.38. The summed E-state index contributed by atoms with van der Waals surface area (Å²) in [5.74, 6) is -11.3. The molecule has 0 fully saturated rings. The number of ketones is 1. The van der Waals surface area contributed by atoms with Gasteiger partial charge in [-0.1, -0.05) is 64.9 Å². The molecule has 2 aromatic rings. The molecule has 10 atom stereocenters. The fourth-order valence-electron chi connectivity index (χ4n) is 7.47. The first-order valence-corrected chi connectivity index (χ1v) is 19.5. The molecule has 7 N–H and O–H groups in total. The van der Waals surface area contributed by atoms with Crippen LogP contribution in [0.3, 0.4) is 0 Å². The standard InChI is InChI=1S/C43H56N2O15/c1-18(2)37(42(54)55)60-44-17-26-31-36(51)29-28(35(26)50)30-39(24(8)34(29)49)59-43(10,40(30)52)57-16-15-27(56-11)21(5)38(58-25(9)46)23(7)33(48)22(6)32(47)19(3)13-12-14-20(4)41(53)45-31/h12-19,21-23,27,32-33,37-38,47-51H,1-11H3,(H,45,53)(H,54,55)/b13-12+,16-15+,20-14+,44-17+. The van der Waals surface area contributed by atoms with E-state index >= 15 is 0 Å². The number of Topliss-reactive ketones (excluding diaryl/α,β-unsaturated/α-hetero) is 1. The zero-order chi connectivity index (χ0) is 45.1. The summed E-state index contributed by atoms with van der Waals surface area (Å²) in [5, 5.41) is 73.1. The minimum atomic E-state index is -2.13. The van der Waals surface area contributed by atoms with Crippen LogP contribution in [0.1, 0.15) is 83.8 Å². The number of carboxylic acids is 1. The van der Waals surface area contributed by atoms with Gasteiger partial charge in [0.1, 0.15) is 23.4 Å². The first kappa shape index (κ1) is 47.0. The maximum Gasteiger partial charge on any atom is 0.348 e. The number of benzene rings is 2. The highest BCUT2D eigenvalue weighted by molar-refractivity contribution is 6.23. The lowest BCUT2D eigenvalue weighted by Crippen LogP contribution is -2.46. The second-order valence-corrected chi connectivity index (χ2v) is 16.0. The Hall–Kier alpha value is -5.65. The molecule has 0 spiro atoms. The van der Waals surface area contributed by atoms with Crippen LogP contribution >= 0.6 is 0 Å². The Bertz CT molecular complexity index is 2120. The molecule has 0 radical (unpaired) electrons. The van der Waals surface area contributed by atoms with Crippen LogP contribution in [0.25, 0.3) is 10.8 Å². The third-order valence-corrected chi connectivity index (χ3v) is 11.2. The molecular weight excluding hydrogens is 784 g/mol. The first-order valence-electron chi connectivity index (χ1n) is 19.5. The number of carbonyl (C=O) groups excluding carboxylic acids is 3. The third-order valence-electron chi connectivity index (χ3n) is 11.2. The third kappa shape index (κ3) is 9.22. The number of hydrogen-bond acceptors (Lipinski definition) is 15. The number of methoxy groups -OCH3 is 1. The molecule has 0 aliphatic carbocycles. The highest BCUT2D eigenvalue weighted by atomic mass is 16.7. The number of nitrogens with one attached hydrogen (secondary N) is 1. The summed E-state index contributed by atoms with van der Waals surface area (Å²) in [5.41, 5.74) is -1.17. The smallest absolute Gasteiger partial charge is 0.348 e. The van der Waals surface area contributed by atoms with Crippen molar-refractivity contribution in [3.05, 3.63) is 52.8 Å². The number of carboxylic acid groups (broad SMARTS) is 1. The Labute approximate surface area is 347 Å². The summed E-state index contributed by atoms with van der Waals surface area (Å²) in [6.07, 6.45) is 2.49. The van der Waals surface area contributed by atoms with Crippen LogP contribution in [0, 0.1) is 36.5 Å². The number of esters is 1. The normalized spacial score (nSPS) is 30.3. The molecule has 1 amide bonds. The molecule has 5 bridgehead atoms. The van der Waals surface area contributed by atoms with E-state index in [2.05, 4.69) is 10.5 Å².